The van der Waals surface area contributed by atoms with Crippen molar-refractivity contribution in [1.82, 2.24) is 0 Å². The molecule has 31 heavy (non-hydrogen) atoms. The van der Waals surface area contributed by atoms with Crippen molar-refractivity contribution in [3.8, 4) is 11.5 Å². The SMILES string of the molecule is CCOc1cc(NC(=O)C(CO)C(C)C)ccc1SNc1cccc(OC(F)(F)F)c1. The zero-order valence-corrected chi connectivity index (χ0v) is 18.1. The van der Waals surface area contributed by atoms with E-state index in [1.807, 2.05) is 20.8 Å². The van der Waals surface area contributed by atoms with Gasteiger partial charge in [0.15, 0.2) is 0 Å². The van der Waals surface area contributed by atoms with Crippen LogP contribution in [0, 0.1) is 11.8 Å². The summed E-state index contributed by atoms with van der Waals surface area (Å²) in [5.74, 6) is -0.680. The summed E-state index contributed by atoms with van der Waals surface area (Å²) in [6.45, 7) is 5.64. The fourth-order valence-corrected chi connectivity index (χ4v) is 3.35. The lowest BCUT2D eigenvalue weighted by molar-refractivity contribution is -0.274. The van der Waals surface area contributed by atoms with Gasteiger partial charge in [0.1, 0.15) is 11.5 Å². The second-order valence-electron chi connectivity index (χ2n) is 6.90. The van der Waals surface area contributed by atoms with Gasteiger partial charge in [-0.3, -0.25) is 4.79 Å². The number of carbonyl (C=O) groups is 1. The van der Waals surface area contributed by atoms with Crippen LogP contribution in [0.5, 0.6) is 11.5 Å². The van der Waals surface area contributed by atoms with Crippen LogP contribution in [0.25, 0.3) is 0 Å². The normalized spacial score (nSPS) is 12.4. The fraction of sp³-hybridized carbons (Fsp3) is 0.381. The van der Waals surface area contributed by atoms with Crippen LogP contribution in [0.15, 0.2) is 47.4 Å². The average molecular weight is 459 g/mol. The minimum atomic E-state index is -4.77. The first-order valence-corrected chi connectivity index (χ1v) is 10.4. The molecular weight excluding hydrogens is 433 g/mol. The number of amides is 1. The Balaban J connectivity index is 2.11. The molecule has 0 fully saturated rings. The van der Waals surface area contributed by atoms with Crippen LogP contribution in [0.4, 0.5) is 24.5 Å². The molecule has 1 unspecified atom stereocenters. The van der Waals surface area contributed by atoms with Crippen molar-refractivity contribution in [1.29, 1.82) is 0 Å². The van der Waals surface area contributed by atoms with Crippen molar-refractivity contribution in [3.63, 3.8) is 0 Å². The molecule has 2 aromatic carbocycles. The number of aliphatic hydroxyl groups is 1. The number of hydrogen-bond donors (Lipinski definition) is 3. The monoisotopic (exact) mass is 458 g/mol. The highest BCUT2D eigenvalue weighted by atomic mass is 32.2. The summed E-state index contributed by atoms with van der Waals surface area (Å²) in [7, 11) is 0. The second kappa shape index (κ2) is 11.1. The smallest absolute Gasteiger partial charge is 0.493 e. The predicted molar refractivity (Wildman–Crippen MR) is 114 cm³/mol. The van der Waals surface area contributed by atoms with E-state index in [2.05, 4.69) is 14.8 Å². The van der Waals surface area contributed by atoms with Gasteiger partial charge in [-0.1, -0.05) is 19.9 Å². The molecule has 0 saturated heterocycles. The van der Waals surface area contributed by atoms with Crippen LogP contribution >= 0.6 is 11.9 Å². The molecule has 170 valence electrons. The maximum atomic E-state index is 12.4. The molecule has 6 nitrogen and oxygen atoms in total. The van der Waals surface area contributed by atoms with E-state index in [-0.39, 0.29) is 24.2 Å². The highest BCUT2D eigenvalue weighted by molar-refractivity contribution is 8.00. The Labute approximate surface area is 183 Å². The molecule has 0 aliphatic carbocycles. The number of nitrogens with one attached hydrogen (secondary N) is 2. The molecule has 2 rings (SSSR count). The molecule has 1 atom stereocenters. The summed E-state index contributed by atoms with van der Waals surface area (Å²) < 4.78 is 49.7. The molecule has 2 aromatic rings. The molecule has 0 heterocycles. The highest BCUT2D eigenvalue weighted by Gasteiger charge is 2.31. The number of hydrogen-bond acceptors (Lipinski definition) is 6. The zero-order valence-electron chi connectivity index (χ0n) is 17.3. The lowest BCUT2D eigenvalue weighted by Gasteiger charge is -2.18. The van der Waals surface area contributed by atoms with E-state index in [1.54, 1.807) is 24.3 Å². The maximum Gasteiger partial charge on any atom is 0.573 e. The van der Waals surface area contributed by atoms with Crippen molar-refractivity contribution in [2.24, 2.45) is 11.8 Å². The predicted octanol–water partition coefficient (Wildman–Crippen LogP) is 5.31. The van der Waals surface area contributed by atoms with Crippen LogP contribution < -0.4 is 19.5 Å². The third-order valence-corrected chi connectivity index (χ3v) is 5.09. The van der Waals surface area contributed by atoms with Gasteiger partial charge in [0.05, 0.1) is 24.0 Å². The number of ether oxygens (including phenoxy) is 2. The number of halogens is 3. The number of rotatable bonds is 10. The molecule has 10 heteroatoms. The van der Waals surface area contributed by atoms with Crippen LogP contribution in [0.2, 0.25) is 0 Å². The summed E-state index contributed by atoms with van der Waals surface area (Å²) in [5, 5.41) is 12.2. The van der Waals surface area contributed by atoms with E-state index in [9.17, 15) is 23.1 Å². The summed E-state index contributed by atoms with van der Waals surface area (Å²) in [5.41, 5.74) is 0.923. The Bertz CT molecular complexity index is 878. The average Bonchev–Trinajstić information content (AvgIpc) is 2.67. The first-order chi connectivity index (χ1) is 14.6. The van der Waals surface area contributed by atoms with Crippen molar-refractivity contribution in [2.45, 2.75) is 32.0 Å². The quantitative estimate of drug-likeness (QED) is 0.419. The fourth-order valence-electron chi connectivity index (χ4n) is 2.64. The first-order valence-electron chi connectivity index (χ1n) is 9.60. The Morgan fingerprint density at radius 2 is 1.90 bits per heavy atom. The van der Waals surface area contributed by atoms with E-state index in [0.29, 0.717) is 28.6 Å². The van der Waals surface area contributed by atoms with Gasteiger partial charge in [0.2, 0.25) is 5.91 Å². The second-order valence-corrected chi connectivity index (χ2v) is 7.74. The molecule has 3 N–H and O–H groups in total. The Hall–Kier alpha value is -2.59. The van der Waals surface area contributed by atoms with Crippen LogP contribution in [-0.4, -0.2) is 30.6 Å². The van der Waals surface area contributed by atoms with Crippen molar-refractivity contribution >= 4 is 29.2 Å². The topological polar surface area (TPSA) is 79.8 Å². The van der Waals surface area contributed by atoms with Crippen LogP contribution in [-0.2, 0) is 4.79 Å². The van der Waals surface area contributed by atoms with E-state index < -0.39 is 12.3 Å². The van der Waals surface area contributed by atoms with Gasteiger partial charge in [-0.2, -0.15) is 0 Å². The van der Waals surface area contributed by atoms with Crippen molar-refractivity contribution in [3.05, 3.63) is 42.5 Å². The summed E-state index contributed by atoms with van der Waals surface area (Å²) in [6, 6.07) is 10.5. The molecule has 0 spiro atoms. The summed E-state index contributed by atoms with van der Waals surface area (Å²) in [6.07, 6.45) is -4.77. The van der Waals surface area contributed by atoms with E-state index in [0.717, 1.165) is 11.9 Å². The Morgan fingerprint density at radius 3 is 2.52 bits per heavy atom. The molecular formula is C21H25F3N2O4S. The number of aliphatic hydroxyl groups excluding tert-OH is 1. The Kier molecular flexibility index (Phi) is 8.88. The van der Waals surface area contributed by atoms with Gasteiger partial charge < -0.3 is 24.6 Å². The number of benzene rings is 2. The van der Waals surface area contributed by atoms with Crippen molar-refractivity contribution in [2.75, 3.05) is 23.3 Å². The minimum absolute atomic E-state index is 0.0209. The molecule has 0 bridgehead atoms. The maximum absolute atomic E-state index is 12.4. The lowest BCUT2D eigenvalue weighted by Crippen LogP contribution is -2.29. The van der Waals surface area contributed by atoms with Gasteiger partial charge in [0, 0.05) is 23.5 Å². The molecule has 0 aromatic heterocycles. The molecule has 0 aliphatic rings. The molecule has 1 amide bonds. The molecule has 0 aliphatic heterocycles. The van der Waals surface area contributed by atoms with Gasteiger partial charge in [-0.05, 0) is 49.1 Å². The van der Waals surface area contributed by atoms with Crippen molar-refractivity contribution < 1.29 is 32.5 Å². The summed E-state index contributed by atoms with van der Waals surface area (Å²) >= 11 is 1.15. The third-order valence-electron chi connectivity index (χ3n) is 4.20. The number of carbonyl (C=O) groups excluding carboxylic acids is 1. The standard InChI is InChI=1S/C21H25F3N2O4S/c1-4-29-18-11-14(25-20(28)17(12-27)13(2)3)8-9-19(18)31-26-15-6-5-7-16(10-15)30-21(22,23)24/h5-11,13,17,26-27H,4,12H2,1-3H3,(H,25,28). The van der Waals surface area contributed by atoms with Crippen LogP contribution in [0.3, 0.4) is 0 Å². The van der Waals surface area contributed by atoms with Gasteiger partial charge in [-0.15, -0.1) is 13.2 Å². The number of anilines is 2. The minimum Gasteiger partial charge on any atom is -0.493 e. The first kappa shape index (κ1) is 24.7. The van der Waals surface area contributed by atoms with E-state index in [4.69, 9.17) is 4.74 Å². The number of alkyl halides is 3. The third kappa shape index (κ3) is 7.87. The van der Waals surface area contributed by atoms with Gasteiger partial charge >= 0.3 is 6.36 Å². The van der Waals surface area contributed by atoms with Gasteiger partial charge in [0.25, 0.3) is 0 Å². The van der Waals surface area contributed by atoms with E-state index in [1.165, 1.54) is 18.2 Å². The lowest BCUT2D eigenvalue weighted by atomic mass is 9.96. The largest absolute Gasteiger partial charge is 0.573 e. The van der Waals surface area contributed by atoms with E-state index >= 15 is 0 Å². The van der Waals surface area contributed by atoms with Gasteiger partial charge in [-0.25, -0.2) is 0 Å². The molecule has 0 saturated carbocycles. The highest BCUT2D eigenvalue weighted by Crippen LogP contribution is 2.34. The zero-order chi connectivity index (χ0) is 23.0. The molecule has 0 radical (unpaired) electrons. The van der Waals surface area contributed by atoms with Crippen LogP contribution in [0.1, 0.15) is 20.8 Å². The Morgan fingerprint density at radius 1 is 1.16 bits per heavy atom. The summed E-state index contributed by atoms with van der Waals surface area (Å²) in [4.78, 5) is 13.0.